The van der Waals surface area contributed by atoms with Gasteiger partial charge in [0, 0.05) is 20.1 Å². The average Bonchev–Trinajstić information content (AvgIpc) is 2.43. The number of nitrogens with one attached hydrogen (secondary N) is 2. The van der Waals surface area contributed by atoms with E-state index in [1.54, 1.807) is 0 Å². The van der Waals surface area contributed by atoms with Gasteiger partial charge in [0.25, 0.3) is 0 Å². The van der Waals surface area contributed by atoms with Gasteiger partial charge in [-0.05, 0) is 32.4 Å². The molecule has 1 fully saturated rings. The lowest BCUT2D eigenvalue weighted by Gasteiger charge is -2.36. The first kappa shape index (κ1) is 15.9. The van der Waals surface area contributed by atoms with Gasteiger partial charge >= 0.3 is 5.97 Å². The number of aliphatic carboxylic acids is 1. The summed E-state index contributed by atoms with van der Waals surface area (Å²) in [5.74, 6) is -1.15. The summed E-state index contributed by atoms with van der Waals surface area (Å²) in [6.45, 7) is 3.90. The van der Waals surface area contributed by atoms with Crippen molar-refractivity contribution in [3.8, 4) is 0 Å². The third-order valence-electron chi connectivity index (χ3n) is 3.93. The molecule has 0 saturated carbocycles. The molecule has 0 radical (unpaired) electrons. The first-order valence-corrected chi connectivity index (χ1v) is 6.79. The lowest BCUT2D eigenvalue weighted by atomic mass is 9.75. The van der Waals surface area contributed by atoms with E-state index in [4.69, 9.17) is 9.84 Å². The minimum Gasteiger partial charge on any atom is -0.480 e. The molecule has 1 aliphatic rings. The number of hydrogen-bond acceptors (Lipinski definition) is 4. The summed E-state index contributed by atoms with van der Waals surface area (Å²) in [4.78, 5) is 23.5. The summed E-state index contributed by atoms with van der Waals surface area (Å²) in [6, 6.07) is -0.870. The van der Waals surface area contributed by atoms with Crippen LogP contribution in [0.2, 0.25) is 0 Å². The molecule has 0 aromatic carbocycles. The largest absolute Gasteiger partial charge is 0.480 e. The Morgan fingerprint density at radius 2 is 2.05 bits per heavy atom. The Kier molecular flexibility index (Phi) is 6.24. The van der Waals surface area contributed by atoms with Gasteiger partial charge in [-0.2, -0.15) is 0 Å². The molecule has 1 rings (SSSR count). The molecular weight excluding hydrogens is 248 g/mol. The number of carbonyl (C=O) groups is 2. The molecule has 1 atom stereocenters. The molecule has 0 spiro atoms. The Morgan fingerprint density at radius 1 is 1.42 bits per heavy atom. The van der Waals surface area contributed by atoms with E-state index < -0.39 is 17.4 Å². The smallest absolute Gasteiger partial charge is 0.326 e. The predicted molar refractivity (Wildman–Crippen MR) is 70.9 cm³/mol. The Morgan fingerprint density at radius 3 is 2.53 bits per heavy atom. The zero-order valence-electron chi connectivity index (χ0n) is 11.7. The lowest BCUT2D eigenvalue weighted by Crippen LogP contribution is -2.52. The molecule has 3 N–H and O–H groups in total. The summed E-state index contributed by atoms with van der Waals surface area (Å²) >= 11 is 0. The SMILES string of the molecule is CCC1(C(=O)NC(CCOC)C(=O)O)CCNCC1. The van der Waals surface area contributed by atoms with Crippen LogP contribution in [0.4, 0.5) is 0 Å². The maximum atomic E-state index is 12.4. The van der Waals surface area contributed by atoms with Crippen LogP contribution in [0.15, 0.2) is 0 Å². The van der Waals surface area contributed by atoms with E-state index in [1.807, 2.05) is 6.92 Å². The number of methoxy groups -OCH3 is 1. The van der Waals surface area contributed by atoms with E-state index in [9.17, 15) is 9.59 Å². The van der Waals surface area contributed by atoms with Crippen LogP contribution >= 0.6 is 0 Å². The lowest BCUT2D eigenvalue weighted by molar-refractivity contribution is -0.145. The maximum Gasteiger partial charge on any atom is 0.326 e. The molecule has 6 heteroatoms. The number of rotatable bonds is 7. The highest BCUT2D eigenvalue weighted by atomic mass is 16.5. The number of carboxylic acid groups (broad SMARTS) is 1. The average molecular weight is 272 g/mol. The summed E-state index contributed by atoms with van der Waals surface area (Å²) in [5, 5.41) is 15.0. The van der Waals surface area contributed by atoms with Crippen LogP contribution in [0.5, 0.6) is 0 Å². The van der Waals surface area contributed by atoms with Crippen molar-refractivity contribution in [2.24, 2.45) is 5.41 Å². The van der Waals surface area contributed by atoms with Gasteiger partial charge in [0.2, 0.25) is 5.91 Å². The monoisotopic (exact) mass is 272 g/mol. The molecule has 0 bridgehead atoms. The Labute approximate surface area is 113 Å². The van der Waals surface area contributed by atoms with Crippen molar-refractivity contribution in [3.05, 3.63) is 0 Å². The van der Waals surface area contributed by atoms with E-state index in [2.05, 4.69) is 10.6 Å². The first-order chi connectivity index (χ1) is 9.05. The van der Waals surface area contributed by atoms with Gasteiger partial charge in [-0.3, -0.25) is 4.79 Å². The summed E-state index contributed by atoms with van der Waals surface area (Å²) in [6.07, 6.45) is 2.53. The Balaban J connectivity index is 2.65. The molecule has 19 heavy (non-hydrogen) atoms. The molecular formula is C13H24N2O4. The topological polar surface area (TPSA) is 87.7 Å². The molecule has 0 aromatic rings. The second-order valence-electron chi connectivity index (χ2n) is 5.03. The fourth-order valence-corrected chi connectivity index (χ4v) is 2.45. The summed E-state index contributed by atoms with van der Waals surface area (Å²) < 4.78 is 4.88. The highest BCUT2D eigenvalue weighted by Crippen LogP contribution is 2.32. The number of hydrogen-bond donors (Lipinski definition) is 3. The Hall–Kier alpha value is -1.14. The number of carbonyl (C=O) groups excluding carboxylic acids is 1. The van der Waals surface area contributed by atoms with Crippen molar-refractivity contribution in [2.45, 2.75) is 38.6 Å². The molecule has 6 nitrogen and oxygen atoms in total. The first-order valence-electron chi connectivity index (χ1n) is 6.79. The summed E-state index contributed by atoms with van der Waals surface area (Å²) in [7, 11) is 1.51. The normalized spacial score (nSPS) is 19.7. The van der Waals surface area contributed by atoms with E-state index in [0.717, 1.165) is 32.4 Å². The van der Waals surface area contributed by atoms with E-state index in [1.165, 1.54) is 7.11 Å². The zero-order valence-corrected chi connectivity index (χ0v) is 11.7. The van der Waals surface area contributed by atoms with E-state index in [0.29, 0.717) is 6.61 Å². The van der Waals surface area contributed by atoms with E-state index in [-0.39, 0.29) is 12.3 Å². The van der Waals surface area contributed by atoms with Crippen molar-refractivity contribution in [1.82, 2.24) is 10.6 Å². The van der Waals surface area contributed by atoms with Gasteiger partial charge in [-0.15, -0.1) is 0 Å². The fourth-order valence-electron chi connectivity index (χ4n) is 2.45. The standard InChI is InChI=1S/C13H24N2O4/c1-3-13(5-7-14-8-6-13)12(18)15-10(11(16)17)4-9-19-2/h10,14H,3-9H2,1-2H3,(H,15,18)(H,16,17). The number of ether oxygens (including phenoxy) is 1. The van der Waals surface area contributed by atoms with Crippen LogP contribution in [0.3, 0.4) is 0 Å². The van der Waals surface area contributed by atoms with Crippen LogP contribution in [-0.4, -0.2) is 49.8 Å². The molecule has 0 aliphatic carbocycles. The minimum absolute atomic E-state index is 0.139. The molecule has 1 amide bonds. The number of piperidine rings is 1. The van der Waals surface area contributed by atoms with Crippen LogP contribution in [0.1, 0.15) is 32.6 Å². The fraction of sp³-hybridized carbons (Fsp3) is 0.846. The Bertz CT molecular complexity index is 314. The van der Waals surface area contributed by atoms with Gasteiger partial charge < -0.3 is 20.5 Å². The predicted octanol–water partition coefficient (Wildman–Crippen LogP) is 0.372. The zero-order chi connectivity index (χ0) is 14.3. The van der Waals surface area contributed by atoms with Gasteiger partial charge in [0.15, 0.2) is 0 Å². The third-order valence-corrected chi connectivity index (χ3v) is 3.93. The molecule has 110 valence electrons. The van der Waals surface area contributed by atoms with Crippen molar-refractivity contribution < 1.29 is 19.4 Å². The van der Waals surface area contributed by atoms with Gasteiger partial charge in [-0.1, -0.05) is 6.92 Å². The van der Waals surface area contributed by atoms with Crippen LogP contribution in [-0.2, 0) is 14.3 Å². The second kappa shape index (κ2) is 7.45. The van der Waals surface area contributed by atoms with Crippen LogP contribution in [0, 0.1) is 5.41 Å². The van der Waals surface area contributed by atoms with Crippen LogP contribution < -0.4 is 10.6 Å². The van der Waals surface area contributed by atoms with Gasteiger partial charge in [0.1, 0.15) is 6.04 Å². The van der Waals surface area contributed by atoms with Crippen molar-refractivity contribution in [2.75, 3.05) is 26.8 Å². The van der Waals surface area contributed by atoms with Crippen LogP contribution in [0.25, 0.3) is 0 Å². The molecule has 1 unspecified atom stereocenters. The van der Waals surface area contributed by atoms with Crippen molar-refractivity contribution in [3.63, 3.8) is 0 Å². The minimum atomic E-state index is -1.01. The van der Waals surface area contributed by atoms with E-state index >= 15 is 0 Å². The number of amides is 1. The quantitative estimate of drug-likeness (QED) is 0.623. The van der Waals surface area contributed by atoms with Gasteiger partial charge in [0.05, 0.1) is 5.41 Å². The van der Waals surface area contributed by atoms with Crippen molar-refractivity contribution >= 4 is 11.9 Å². The van der Waals surface area contributed by atoms with Crippen molar-refractivity contribution in [1.29, 1.82) is 0 Å². The molecule has 1 heterocycles. The molecule has 0 aromatic heterocycles. The van der Waals surface area contributed by atoms with Gasteiger partial charge in [-0.25, -0.2) is 4.79 Å². The second-order valence-corrected chi connectivity index (χ2v) is 5.03. The molecule has 1 aliphatic heterocycles. The highest BCUT2D eigenvalue weighted by Gasteiger charge is 2.39. The third kappa shape index (κ3) is 4.18. The highest BCUT2D eigenvalue weighted by molar-refractivity contribution is 5.87. The summed E-state index contributed by atoms with van der Waals surface area (Å²) in [5.41, 5.74) is -0.425. The number of carboxylic acids is 1. The maximum absolute atomic E-state index is 12.4. The molecule has 1 saturated heterocycles.